The van der Waals surface area contributed by atoms with Crippen LogP contribution in [0.4, 0.5) is 10.5 Å². The minimum Gasteiger partial charge on any atom is -0.486 e. The lowest BCUT2D eigenvalue weighted by atomic mass is 10.0. The average molecular weight is 449 g/mol. The summed E-state index contributed by atoms with van der Waals surface area (Å²) in [5.74, 6) is 0.725. The Balaban J connectivity index is 1.56. The predicted octanol–water partition coefficient (Wildman–Crippen LogP) is 6.99. The molecule has 0 spiro atoms. The monoisotopic (exact) mass is 448 g/mol. The van der Waals surface area contributed by atoms with Gasteiger partial charge in [0.05, 0.1) is 5.69 Å². The number of carbonyl (C=O) groups is 1. The van der Waals surface area contributed by atoms with Crippen LogP contribution in [0.15, 0.2) is 84.9 Å². The van der Waals surface area contributed by atoms with Gasteiger partial charge in [-0.25, -0.2) is 9.10 Å². The maximum absolute atomic E-state index is 12.5. The highest BCUT2D eigenvalue weighted by atomic mass is 32.1. The van der Waals surface area contributed by atoms with Crippen LogP contribution in [0.2, 0.25) is 0 Å². The van der Waals surface area contributed by atoms with E-state index in [1.165, 1.54) is 9.87 Å². The van der Waals surface area contributed by atoms with Crippen LogP contribution in [0.25, 0.3) is 0 Å². The van der Waals surface area contributed by atoms with Crippen molar-refractivity contribution in [3.8, 4) is 5.75 Å². The molecule has 0 aliphatic carbocycles. The molecule has 4 nitrogen and oxygen atoms in total. The van der Waals surface area contributed by atoms with Crippen molar-refractivity contribution in [1.29, 1.82) is 0 Å². The Morgan fingerprint density at radius 3 is 2.41 bits per heavy atom. The molecule has 3 aromatic carbocycles. The first-order chi connectivity index (χ1) is 15.7. The van der Waals surface area contributed by atoms with Crippen LogP contribution in [-0.4, -0.2) is 12.6 Å². The van der Waals surface area contributed by atoms with E-state index in [0.29, 0.717) is 12.2 Å². The zero-order chi connectivity index (χ0) is 22.6. The van der Waals surface area contributed by atoms with E-state index >= 15 is 0 Å². The second-order valence-corrected chi connectivity index (χ2v) is 8.19. The fourth-order valence-electron chi connectivity index (χ4n) is 3.53. The summed E-state index contributed by atoms with van der Waals surface area (Å²) in [7, 11) is 0. The minimum atomic E-state index is -0.246. The van der Waals surface area contributed by atoms with E-state index in [2.05, 4.69) is 49.3 Å². The smallest absolute Gasteiger partial charge is 0.331 e. The Morgan fingerprint density at radius 2 is 1.69 bits per heavy atom. The van der Waals surface area contributed by atoms with Crippen molar-refractivity contribution in [3.05, 3.63) is 96.1 Å². The third-order valence-electron chi connectivity index (χ3n) is 5.29. The largest absolute Gasteiger partial charge is 0.486 e. The summed E-state index contributed by atoms with van der Waals surface area (Å²) in [5.41, 5.74) is 3.10. The summed E-state index contributed by atoms with van der Waals surface area (Å²) >= 11 is 4.42. The van der Waals surface area contributed by atoms with Gasteiger partial charge in [0.25, 0.3) is 0 Å². The van der Waals surface area contributed by atoms with Crippen LogP contribution < -0.4 is 14.4 Å². The Morgan fingerprint density at radius 1 is 0.969 bits per heavy atom. The molecule has 0 aliphatic heterocycles. The number of amides is 2. The van der Waals surface area contributed by atoms with Crippen LogP contribution in [0.5, 0.6) is 5.75 Å². The van der Waals surface area contributed by atoms with Gasteiger partial charge in [0.2, 0.25) is 0 Å². The van der Waals surface area contributed by atoms with Gasteiger partial charge >= 0.3 is 6.03 Å². The topological polar surface area (TPSA) is 41.6 Å². The van der Waals surface area contributed by atoms with Crippen molar-refractivity contribution < 1.29 is 9.53 Å². The lowest BCUT2D eigenvalue weighted by molar-refractivity contribution is 0.191. The number of benzene rings is 3. The normalized spacial score (nSPS) is 11.6. The molecule has 1 atom stereocenters. The molecule has 5 heteroatoms. The number of rotatable bonds is 11. The third kappa shape index (κ3) is 7.34. The highest BCUT2D eigenvalue weighted by Crippen LogP contribution is 2.29. The number of hydrogen-bond donors (Lipinski definition) is 2. The van der Waals surface area contributed by atoms with Gasteiger partial charge < -0.3 is 10.1 Å². The molecular weight excluding hydrogens is 416 g/mol. The first-order valence-electron chi connectivity index (χ1n) is 11.3. The van der Waals surface area contributed by atoms with Crippen LogP contribution >= 0.6 is 12.8 Å². The van der Waals surface area contributed by atoms with Crippen LogP contribution in [0, 0.1) is 0 Å². The summed E-state index contributed by atoms with van der Waals surface area (Å²) in [6.07, 6.45) is 4.92. The van der Waals surface area contributed by atoms with E-state index in [1.807, 2.05) is 60.7 Å². The molecule has 1 unspecified atom stereocenters. The minimum absolute atomic E-state index is 0.0217. The van der Waals surface area contributed by atoms with Crippen molar-refractivity contribution in [2.45, 2.75) is 45.1 Å². The van der Waals surface area contributed by atoms with Crippen molar-refractivity contribution in [2.24, 2.45) is 0 Å². The van der Waals surface area contributed by atoms with E-state index < -0.39 is 0 Å². The maximum Gasteiger partial charge on any atom is 0.331 e. The van der Waals surface area contributed by atoms with E-state index in [9.17, 15) is 4.79 Å². The van der Waals surface area contributed by atoms with Gasteiger partial charge in [-0.05, 0) is 48.9 Å². The van der Waals surface area contributed by atoms with Gasteiger partial charge in [0.1, 0.15) is 11.9 Å². The molecule has 1 N–H and O–H groups in total. The van der Waals surface area contributed by atoms with E-state index in [1.54, 1.807) is 0 Å². The van der Waals surface area contributed by atoms with E-state index in [0.717, 1.165) is 43.4 Å². The molecule has 0 saturated heterocycles. The fourth-order valence-corrected chi connectivity index (χ4v) is 3.72. The first kappa shape index (κ1) is 23.7. The molecule has 3 rings (SSSR count). The molecule has 168 valence electrons. The summed E-state index contributed by atoms with van der Waals surface area (Å²) in [6.45, 7) is 2.77. The standard InChI is InChI=1S/C27H32N2O2S/c1-2-3-19-26(23-15-8-5-9-16-23)31-25-18-10-17-24(21-25)29(32)27(30)28-20-11-14-22-12-6-4-7-13-22/h4-10,12-13,15-18,21,26,32H,2-3,11,14,19-20H2,1H3,(H,28,30). The molecular formula is C27H32N2O2S. The highest BCUT2D eigenvalue weighted by molar-refractivity contribution is 7.82. The highest BCUT2D eigenvalue weighted by Gasteiger charge is 2.16. The molecule has 0 aromatic heterocycles. The van der Waals surface area contributed by atoms with Gasteiger partial charge in [-0.3, -0.25) is 0 Å². The van der Waals surface area contributed by atoms with Crippen molar-refractivity contribution in [1.82, 2.24) is 5.32 Å². The van der Waals surface area contributed by atoms with E-state index in [-0.39, 0.29) is 12.1 Å². The van der Waals surface area contributed by atoms with Crippen LogP contribution in [-0.2, 0) is 6.42 Å². The van der Waals surface area contributed by atoms with Gasteiger partial charge in [-0.1, -0.05) is 92.9 Å². The molecule has 0 heterocycles. The summed E-state index contributed by atoms with van der Waals surface area (Å²) in [4.78, 5) is 12.5. The number of carbonyl (C=O) groups excluding carboxylic acids is 1. The quantitative estimate of drug-likeness (QED) is 0.245. The predicted molar refractivity (Wildman–Crippen MR) is 135 cm³/mol. The van der Waals surface area contributed by atoms with Crippen LogP contribution in [0.1, 0.15) is 49.8 Å². The third-order valence-corrected chi connectivity index (χ3v) is 5.70. The maximum atomic E-state index is 12.5. The van der Waals surface area contributed by atoms with E-state index in [4.69, 9.17) is 4.74 Å². The zero-order valence-corrected chi connectivity index (χ0v) is 19.5. The Kier molecular flexibility index (Phi) is 9.51. The molecule has 0 aliphatic rings. The zero-order valence-electron chi connectivity index (χ0n) is 18.6. The number of aryl methyl sites for hydroxylation is 1. The Hall–Kier alpha value is -2.92. The van der Waals surface area contributed by atoms with Crippen molar-refractivity contribution >= 4 is 24.5 Å². The van der Waals surface area contributed by atoms with Gasteiger partial charge in [-0.15, -0.1) is 0 Å². The number of nitrogens with one attached hydrogen (secondary N) is 1. The summed E-state index contributed by atoms with van der Waals surface area (Å²) in [6, 6.07) is 27.8. The van der Waals surface area contributed by atoms with Crippen molar-refractivity contribution in [2.75, 3.05) is 10.8 Å². The molecule has 3 aromatic rings. The number of unbranched alkanes of at least 4 members (excludes halogenated alkanes) is 1. The molecule has 0 radical (unpaired) electrons. The molecule has 0 fully saturated rings. The molecule has 0 saturated carbocycles. The number of urea groups is 1. The lowest BCUT2D eigenvalue weighted by Gasteiger charge is -2.21. The lowest BCUT2D eigenvalue weighted by Crippen LogP contribution is -2.34. The van der Waals surface area contributed by atoms with Gasteiger partial charge in [0, 0.05) is 12.6 Å². The Bertz CT molecular complexity index is 950. The van der Waals surface area contributed by atoms with Gasteiger partial charge in [-0.2, -0.15) is 0 Å². The first-order valence-corrected chi connectivity index (χ1v) is 11.7. The fraction of sp³-hybridized carbons (Fsp3) is 0.296. The van der Waals surface area contributed by atoms with Crippen molar-refractivity contribution in [3.63, 3.8) is 0 Å². The Labute approximate surface area is 197 Å². The number of anilines is 1. The second kappa shape index (κ2) is 12.8. The van der Waals surface area contributed by atoms with Crippen LogP contribution in [0.3, 0.4) is 0 Å². The number of thiol groups is 1. The SMILES string of the molecule is CCCCC(Oc1cccc(N(S)C(=O)NCCCc2ccccc2)c1)c1ccccc1. The molecule has 2 amide bonds. The molecule has 0 bridgehead atoms. The molecule has 32 heavy (non-hydrogen) atoms. The second-order valence-electron chi connectivity index (χ2n) is 7.79. The average Bonchev–Trinajstić information content (AvgIpc) is 2.85. The number of hydrogen-bond acceptors (Lipinski definition) is 3. The van der Waals surface area contributed by atoms with Gasteiger partial charge in [0.15, 0.2) is 0 Å². The number of ether oxygens (including phenoxy) is 1. The summed E-state index contributed by atoms with van der Waals surface area (Å²) < 4.78 is 7.66. The number of nitrogens with zero attached hydrogens (tertiary/aromatic N) is 1. The summed E-state index contributed by atoms with van der Waals surface area (Å²) in [5, 5.41) is 2.93.